The van der Waals surface area contributed by atoms with E-state index in [1.165, 1.54) is 0 Å². The molecule has 0 saturated heterocycles. The monoisotopic (exact) mass is 232 g/mol. The Morgan fingerprint density at radius 1 is 1.06 bits per heavy atom. The highest BCUT2D eigenvalue weighted by atomic mass is 15.1. The van der Waals surface area contributed by atoms with Gasteiger partial charge in [-0.1, -0.05) is 0 Å². The minimum absolute atomic E-state index is 0.679. The summed E-state index contributed by atoms with van der Waals surface area (Å²) >= 11 is 0. The molecule has 3 N–H and O–H groups in total. The second-order valence-electron chi connectivity index (χ2n) is 3.57. The molecule has 0 fully saturated rings. The maximum Gasteiger partial charge on any atom is 0.222 e. The van der Waals surface area contributed by atoms with Crippen LogP contribution in [0.3, 0.4) is 0 Å². The Kier molecular flexibility index (Phi) is 4.47. The van der Waals surface area contributed by atoms with Crippen molar-refractivity contribution in [3.8, 4) is 0 Å². The summed E-state index contributed by atoms with van der Waals surface area (Å²) in [7, 11) is 0. The Bertz CT molecular complexity index is 399. The highest BCUT2D eigenvalue weighted by Crippen LogP contribution is 1.93. The molecule has 0 aliphatic carbocycles. The molecule has 2 rings (SSSR count). The van der Waals surface area contributed by atoms with Crippen LogP contribution in [-0.2, 0) is 6.54 Å². The molecule has 0 radical (unpaired) electrons. The Labute approximate surface area is 99.9 Å². The van der Waals surface area contributed by atoms with Gasteiger partial charge in [-0.25, -0.2) is 15.0 Å². The smallest absolute Gasteiger partial charge is 0.222 e. The first kappa shape index (κ1) is 11.5. The fraction of sp³-hybridized carbons (Fsp3) is 0.364. The molecule has 2 aromatic heterocycles. The number of anilines is 1. The van der Waals surface area contributed by atoms with Crippen LogP contribution < -0.4 is 10.6 Å². The molecule has 6 heteroatoms. The molecule has 0 unspecified atom stereocenters. The molecule has 2 heterocycles. The Morgan fingerprint density at radius 3 is 2.71 bits per heavy atom. The summed E-state index contributed by atoms with van der Waals surface area (Å²) in [4.78, 5) is 15.3. The molecule has 0 aliphatic rings. The molecular formula is C11H16N6. The first-order valence-corrected chi connectivity index (χ1v) is 5.65. The van der Waals surface area contributed by atoms with E-state index in [0.717, 1.165) is 31.9 Å². The Hall–Kier alpha value is -1.95. The van der Waals surface area contributed by atoms with Gasteiger partial charge in [-0.3, -0.25) is 0 Å². The number of rotatable bonds is 7. The van der Waals surface area contributed by atoms with Gasteiger partial charge in [-0.05, 0) is 19.0 Å². The minimum Gasteiger partial charge on any atom is -0.354 e. The molecule has 0 atom stereocenters. The van der Waals surface area contributed by atoms with Crippen LogP contribution in [0.15, 0.2) is 30.9 Å². The van der Waals surface area contributed by atoms with E-state index < -0.39 is 0 Å². The largest absolute Gasteiger partial charge is 0.354 e. The lowest BCUT2D eigenvalue weighted by Crippen LogP contribution is -2.18. The lowest BCUT2D eigenvalue weighted by molar-refractivity contribution is 0.644. The molecule has 90 valence electrons. The average Bonchev–Trinajstić information content (AvgIpc) is 2.88. The second kappa shape index (κ2) is 6.59. The molecule has 2 aromatic rings. The molecule has 6 nitrogen and oxygen atoms in total. The van der Waals surface area contributed by atoms with Gasteiger partial charge in [-0.15, -0.1) is 0 Å². The van der Waals surface area contributed by atoms with Gasteiger partial charge >= 0.3 is 0 Å². The van der Waals surface area contributed by atoms with E-state index in [1.807, 2.05) is 6.20 Å². The highest BCUT2D eigenvalue weighted by molar-refractivity contribution is 5.21. The van der Waals surface area contributed by atoms with Gasteiger partial charge in [0.2, 0.25) is 5.95 Å². The summed E-state index contributed by atoms with van der Waals surface area (Å²) in [6.45, 7) is 2.56. The fourth-order valence-corrected chi connectivity index (χ4v) is 1.41. The predicted octanol–water partition coefficient (Wildman–Crippen LogP) is 0.791. The number of nitrogens with zero attached hydrogens (tertiary/aromatic N) is 3. The Balaban J connectivity index is 1.52. The minimum atomic E-state index is 0.679. The van der Waals surface area contributed by atoms with Crippen molar-refractivity contribution in [3.63, 3.8) is 0 Å². The zero-order chi connectivity index (χ0) is 11.8. The van der Waals surface area contributed by atoms with Crippen molar-refractivity contribution in [3.05, 3.63) is 36.7 Å². The van der Waals surface area contributed by atoms with Gasteiger partial charge in [0.05, 0.1) is 6.54 Å². The SMILES string of the molecule is c1cnc(NCCCNCc2ncc[nH]2)nc1. The van der Waals surface area contributed by atoms with Gasteiger partial charge in [0, 0.05) is 31.3 Å². The van der Waals surface area contributed by atoms with E-state index >= 15 is 0 Å². The van der Waals surface area contributed by atoms with Gasteiger partial charge in [0.1, 0.15) is 5.82 Å². The first-order valence-electron chi connectivity index (χ1n) is 5.65. The van der Waals surface area contributed by atoms with Gasteiger partial charge in [0.25, 0.3) is 0 Å². The zero-order valence-corrected chi connectivity index (χ0v) is 9.56. The van der Waals surface area contributed by atoms with E-state index in [1.54, 1.807) is 24.7 Å². The van der Waals surface area contributed by atoms with Crippen molar-refractivity contribution in [2.24, 2.45) is 0 Å². The molecule has 0 aromatic carbocycles. The summed E-state index contributed by atoms with van der Waals surface area (Å²) in [6.07, 6.45) is 8.05. The number of H-pyrrole nitrogens is 1. The molecule has 0 aliphatic heterocycles. The number of nitrogens with one attached hydrogen (secondary N) is 3. The third-order valence-corrected chi connectivity index (χ3v) is 2.23. The topological polar surface area (TPSA) is 78.5 Å². The zero-order valence-electron chi connectivity index (χ0n) is 9.56. The third-order valence-electron chi connectivity index (χ3n) is 2.23. The van der Waals surface area contributed by atoms with Crippen molar-refractivity contribution >= 4 is 5.95 Å². The van der Waals surface area contributed by atoms with Gasteiger partial charge < -0.3 is 15.6 Å². The number of aromatic amines is 1. The molecule has 0 amide bonds. The maximum absolute atomic E-state index is 4.13. The summed E-state index contributed by atoms with van der Waals surface area (Å²) in [5.41, 5.74) is 0. The molecule has 0 saturated carbocycles. The lowest BCUT2D eigenvalue weighted by Gasteiger charge is -2.04. The van der Waals surface area contributed by atoms with Gasteiger partial charge in [0.15, 0.2) is 0 Å². The number of aromatic nitrogens is 4. The van der Waals surface area contributed by atoms with Gasteiger partial charge in [-0.2, -0.15) is 0 Å². The standard InChI is InChI=1S/C11H16N6/c1(3-12-9-10-13-7-8-14-10)4-15-11-16-5-2-6-17-11/h2,5-8,12H,1,3-4,9H2,(H,13,14)(H,15,16,17). The van der Waals surface area contributed by atoms with Crippen LogP contribution >= 0.6 is 0 Å². The van der Waals surface area contributed by atoms with Crippen molar-refractivity contribution in [2.75, 3.05) is 18.4 Å². The highest BCUT2D eigenvalue weighted by Gasteiger charge is 1.94. The van der Waals surface area contributed by atoms with Crippen molar-refractivity contribution in [2.45, 2.75) is 13.0 Å². The molecule has 0 bridgehead atoms. The summed E-state index contributed by atoms with van der Waals surface area (Å²) < 4.78 is 0. The van der Waals surface area contributed by atoms with Crippen molar-refractivity contribution in [1.29, 1.82) is 0 Å². The normalized spacial score (nSPS) is 10.4. The molecule has 17 heavy (non-hydrogen) atoms. The van der Waals surface area contributed by atoms with E-state index in [0.29, 0.717) is 5.95 Å². The second-order valence-corrected chi connectivity index (χ2v) is 3.57. The summed E-state index contributed by atoms with van der Waals surface area (Å²) in [5.74, 6) is 1.64. The number of hydrogen-bond donors (Lipinski definition) is 3. The number of hydrogen-bond acceptors (Lipinski definition) is 5. The van der Waals surface area contributed by atoms with Crippen LogP contribution in [0.5, 0.6) is 0 Å². The lowest BCUT2D eigenvalue weighted by atomic mass is 10.4. The van der Waals surface area contributed by atoms with Crippen LogP contribution in [0.1, 0.15) is 12.2 Å². The quantitative estimate of drug-likeness (QED) is 0.615. The van der Waals surface area contributed by atoms with E-state index in [2.05, 4.69) is 30.6 Å². The van der Waals surface area contributed by atoms with Crippen molar-refractivity contribution < 1.29 is 0 Å². The number of imidazole rings is 1. The summed E-state index contributed by atoms with van der Waals surface area (Å²) in [6, 6.07) is 1.80. The van der Waals surface area contributed by atoms with E-state index in [9.17, 15) is 0 Å². The molecular weight excluding hydrogens is 216 g/mol. The average molecular weight is 232 g/mol. The summed E-state index contributed by atoms with van der Waals surface area (Å²) in [5, 5.41) is 6.45. The van der Waals surface area contributed by atoms with Crippen LogP contribution in [0.2, 0.25) is 0 Å². The van der Waals surface area contributed by atoms with Crippen LogP contribution in [0.4, 0.5) is 5.95 Å². The molecule has 0 spiro atoms. The van der Waals surface area contributed by atoms with Crippen LogP contribution in [-0.4, -0.2) is 33.0 Å². The van der Waals surface area contributed by atoms with Crippen molar-refractivity contribution in [1.82, 2.24) is 25.3 Å². The predicted molar refractivity (Wildman–Crippen MR) is 65.4 cm³/mol. The Morgan fingerprint density at radius 2 is 1.94 bits per heavy atom. The van der Waals surface area contributed by atoms with Crippen LogP contribution in [0.25, 0.3) is 0 Å². The fourth-order valence-electron chi connectivity index (χ4n) is 1.41. The third kappa shape index (κ3) is 4.20. The van der Waals surface area contributed by atoms with Crippen LogP contribution in [0, 0.1) is 0 Å². The van der Waals surface area contributed by atoms with E-state index in [-0.39, 0.29) is 0 Å². The first-order chi connectivity index (χ1) is 8.45. The van der Waals surface area contributed by atoms with E-state index in [4.69, 9.17) is 0 Å². The maximum atomic E-state index is 4.13.